The highest BCUT2D eigenvalue weighted by molar-refractivity contribution is 5.06. The van der Waals surface area contributed by atoms with Gasteiger partial charge in [0.25, 0.3) is 17.7 Å². The monoisotopic (exact) mass is 442 g/mol. The lowest BCUT2D eigenvalue weighted by molar-refractivity contribution is -0.121. The molecule has 0 bridgehead atoms. The Labute approximate surface area is 137 Å². The van der Waals surface area contributed by atoms with Crippen molar-refractivity contribution in [1.82, 2.24) is 0 Å². The van der Waals surface area contributed by atoms with Crippen LogP contribution in [0.3, 0.4) is 0 Å². The Kier molecular flexibility index (Phi) is 13.2. The molecular formula is C10H2F16O. The second kappa shape index (κ2) is 12.1. The first-order valence-corrected chi connectivity index (χ1v) is 5.04. The Balaban J connectivity index is -0.000000472. The molecule has 0 aliphatic heterocycles. The second-order valence-electron chi connectivity index (χ2n) is 3.13. The second-order valence-corrected chi connectivity index (χ2v) is 3.13. The summed E-state index contributed by atoms with van der Waals surface area (Å²) in [5.74, 6) is -7.27. The van der Waals surface area contributed by atoms with Crippen molar-refractivity contribution in [2.45, 2.75) is 12.4 Å². The normalized spacial score (nSPS) is 13.0. The van der Waals surface area contributed by atoms with Crippen LogP contribution in [-0.4, -0.2) is 12.4 Å². The van der Waals surface area contributed by atoms with Gasteiger partial charge in [0.2, 0.25) is 0 Å². The molecule has 0 N–H and O–H groups in total. The van der Waals surface area contributed by atoms with Gasteiger partial charge in [-0.15, -0.1) is 0 Å². The van der Waals surface area contributed by atoms with Gasteiger partial charge in [-0.2, -0.15) is 70.2 Å². The molecule has 0 fully saturated rings. The smallest absolute Gasteiger partial charge is 0.400 e. The lowest BCUT2D eigenvalue weighted by Gasteiger charge is -2.07. The maximum atomic E-state index is 12.0. The van der Waals surface area contributed by atoms with Crippen molar-refractivity contribution in [3.63, 3.8) is 0 Å². The van der Waals surface area contributed by atoms with Gasteiger partial charge >= 0.3 is 36.5 Å². The largest absolute Gasteiger partial charge is 0.449 e. The van der Waals surface area contributed by atoms with Gasteiger partial charge in [0.05, 0.1) is 0 Å². The molecule has 0 unspecified atom stereocenters. The van der Waals surface area contributed by atoms with E-state index < -0.39 is 54.3 Å². The molecule has 1 nitrogen and oxygen atoms in total. The molecule has 0 heterocycles. The predicted octanol–water partition coefficient (Wildman–Crippen LogP) is 7.73. The van der Waals surface area contributed by atoms with E-state index in [0.717, 1.165) is 0 Å². The van der Waals surface area contributed by atoms with Crippen LogP contribution in [0.2, 0.25) is 0 Å². The van der Waals surface area contributed by atoms with E-state index in [1.165, 1.54) is 0 Å². The van der Waals surface area contributed by atoms with E-state index in [2.05, 4.69) is 11.3 Å². The fraction of sp³-hybridized carbons (Fsp3) is 0.200. The van der Waals surface area contributed by atoms with Crippen LogP contribution in [0.15, 0.2) is 48.5 Å². The van der Waals surface area contributed by atoms with Crippen LogP contribution in [-0.2, 0) is 4.74 Å². The van der Waals surface area contributed by atoms with Crippen LogP contribution in [0.1, 0.15) is 0 Å². The summed E-state index contributed by atoms with van der Waals surface area (Å²) >= 11 is 0. The van der Waals surface area contributed by atoms with E-state index in [9.17, 15) is 70.2 Å². The van der Waals surface area contributed by atoms with Crippen LogP contribution in [0.25, 0.3) is 0 Å². The number of ether oxygens (including phenoxy) is 1. The van der Waals surface area contributed by atoms with Gasteiger partial charge < -0.3 is 4.74 Å². The van der Waals surface area contributed by atoms with Gasteiger partial charge in [0.15, 0.2) is 0 Å². The number of hydrogen-bond acceptors (Lipinski definition) is 1. The van der Waals surface area contributed by atoms with Gasteiger partial charge in [-0.05, 0) is 6.58 Å². The maximum Gasteiger partial charge on any atom is 0.449 e. The minimum absolute atomic E-state index is 1.83. The van der Waals surface area contributed by atoms with E-state index in [1.54, 1.807) is 0 Å². The third-order valence-electron chi connectivity index (χ3n) is 1.16. The average Bonchev–Trinajstić information content (AvgIpc) is 2.43. The highest BCUT2D eigenvalue weighted by Gasteiger charge is 2.42. The topological polar surface area (TPSA) is 9.23 Å². The Bertz CT molecular complexity index is 521. The van der Waals surface area contributed by atoms with Gasteiger partial charge in [0, 0.05) is 0 Å². The van der Waals surface area contributed by atoms with Crippen molar-refractivity contribution in [3.8, 4) is 0 Å². The molecule has 0 amide bonds. The Morgan fingerprint density at radius 1 is 0.519 bits per heavy atom. The minimum Gasteiger partial charge on any atom is -0.400 e. The molecule has 0 saturated heterocycles. The highest BCUT2D eigenvalue weighted by atomic mass is 19.4. The lowest BCUT2D eigenvalue weighted by atomic mass is 10.5. The Morgan fingerprint density at radius 2 is 0.704 bits per heavy atom. The molecule has 0 atom stereocenters. The van der Waals surface area contributed by atoms with Crippen LogP contribution >= 0.6 is 0 Å². The van der Waals surface area contributed by atoms with E-state index in [0.29, 0.717) is 0 Å². The van der Waals surface area contributed by atoms with E-state index in [1.807, 2.05) is 0 Å². The van der Waals surface area contributed by atoms with E-state index in [-0.39, 0.29) is 0 Å². The van der Waals surface area contributed by atoms with Gasteiger partial charge in [-0.25, -0.2) is 0 Å². The van der Waals surface area contributed by atoms with Crippen molar-refractivity contribution in [1.29, 1.82) is 0 Å². The molecule has 0 radical (unpaired) electrons. The molecule has 0 saturated carbocycles. The summed E-state index contributed by atoms with van der Waals surface area (Å²) in [5, 5.41) is 0. The fourth-order valence-corrected chi connectivity index (χ4v) is 0.391. The quantitative estimate of drug-likeness (QED) is 0.314. The Morgan fingerprint density at radius 3 is 0.815 bits per heavy atom. The third-order valence-corrected chi connectivity index (χ3v) is 1.16. The first-order chi connectivity index (χ1) is 11.7. The summed E-state index contributed by atoms with van der Waals surface area (Å²) < 4.78 is 180. The average molecular weight is 442 g/mol. The molecule has 0 aromatic carbocycles. The zero-order valence-electron chi connectivity index (χ0n) is 11.7. The summed E-state index contributed by atoms with van der Waals surface area (Å²) in [5.41, 5.74) is 0. The van der Waals surface area contributed by atoms with Crippen LogP contribution in [0.5, 0.6) is 0 Å². The van der Waals surface area contributed by atoms with E-state index in [4.69, 9.17) is 0 Å². The molecular weight excluding hydrogens is 440 g/mol. The van der Waals surface area contributed by atoms with Crippen LogP contribution in [0.4, 0.5) is 70.2 Å². The summed E-state index contributed by atoms with van der Waals surface area (Å²) in [6, 6.07) is -6.76. The molecule has 17 heteroatoms. The molecule has 27 heavy (non-hydrogen) atoms. The van der Waals surface area contributed by atoms with Crippen molar-refractivity contribution >= 4 is 0 Å². The molecule has 160 valence electrons. The van der Waals surface area contributed by atoms with Crippen molar-refractivity contribution in [2.24, 2.45) is 0 Å². The van der Waals surface area contributed by atoms with Gasteiger partial charge in [-0.1, -0.05) is 0 Å². The molecule has 0 spiro atoms. The molecule has 0 aromatic rings. The zero-order chi connectivity index (χ0) is 22.7. The molecule has 0 aliphatic rings. The first kappa shape index (κ1) is 29.4. The molecule has 0 rings (SSSR count). The van der Waals surface area contributed by atoms with E-state index >= 15 is 0 Å². The standard InChI is InChI=1S/C6F10O.C2F4.C2H2F2/c7-1(5(11,12)13)3(9)17-4(10)2(8)6(14,15)16;3-1(4)2(5)6;1-2(3)4/h;;1H2. The van der Waals surface area contributed by atoms with Crippen molar-refractivity contribution < 1.29 is 75.0 Å². The zero-order valence-corrected chi connectivity index (χ0v) is 11.7. The summed E-state index contributed by atoms with van der Waals surface area (Å²) in [6.45, 7) is 2.22. The number of rotatable bonds is 2. The summed E-state index contributed by atoms with van der Waals surface area (Å²) in [7, 11) is 0. The lowest BCUT2D eigenvalue weighted by Crippen LogP contribution is -2.13. The minimum atomic E-state index is -5.95. The van der Waals surface area contributed by atoms with Crippen molar-refractivity contribution in [3.05, 3.63) is 48.5 Å². The number of allylic oxidation sites excluding steroid dienone is 2. The summed E-state index contributed by atoms with van der Waals surface area (Å²) in [4.78, 5) is 0. The number of alkyl halides is 6. The fourth-order valence-electron chi connectivity index (χ4n) is 0.391. The Hall–Kier alpha value is -2.36. The van der Waals surface area contributed by atoms with Crippen LogP contribution < -0.4 is 0 Å². The van der Waals surface area contributed by atoms with Crippen LogP contribution in [0, 0.1) is 0 Å². The summed E-state index contributed by atoms with van der Waals surface area (Å²) in [6.07, 6.45) is -19.5. The first-order valence-electron chi connectivity index (χ1n) is 5.04. The third kappa shape index (κ3) is 16.8. The SMILES string of the molecule is C=C(F)F.FC(F)=C(F)F.FC(OC(F)=C(F)C(F)(F)F)=C(F)C(F)(F)F. The predicted molar refractivity (Wildman–Crippen MR) is 54.5 cm³/mol. The maximum absolute atomic E-state index is 12.0. The number of hydrogen-bond donors (Lipinski definition) is 0. The van der Waals surface area contributed by atoms with Gasteiger partial charge in [0.1, 0.15) is 0 Å². The van der Waals surface area contributed by atoms with Crippen molar-refractivity contribution in [2.75, 3.05) is 0 Å². The highest BCUT2D eigenvalue weighted by Crippen LogP contribution is 2.34. The molecule has 0 aromatic heterocycles. The molecule has 0 aliphatic carbocycles. The van der Waals surface area contributed by atoms with Gasteiger partial charge in [-0.3, -0.25) is 0 Å². The number of halogens is 16.